The lowest BCUT2D eigenvalue weighted by atomic mass is 9.78. The number of benzene rings is 2. The molecule has 3 heterocycles. The van der Waals surface area contributed by atoms with E-state index in [1.54, 1.807) is 46.9 Å². The lowest BCUT2D eigenvalue weighted by Gasteiger charge is -2.38. The van der Waals surface area contributed by atoms with Gasteiger partial charge >= 0.3 is 11.8 Å². The predicted molar refractivity (Wildman–Crippen MR) is 197 cm³/mol. The fourth-order valence-electron chi connectivity index (χ4n) is 7.14. The zero-order valence-corrected chi connectivity index (χ0v) is 31.8. The number of aromatic hydroxyl groups is 3. The number of Topliss-reactive ketones (excluding diaryl/α,β-unsaturated/α-hetero) is 1. The van der Waals surface area contributed by atoms with Crippen LogP contribution in [-0.2, 0) is 30.3 Å². The summed E-state index contributed by atoms with van der Waals surface area (Å²) in [6.45, 7) is 12.5. The highest BCUT2D eigenvalue weighted by Crippen LogP contribution is 2.55. The van der Waals surface area contributed by atoms with Crippen molar-refractivity contribution in [3.8, 4) is 23.0 Å². The molecule has 14 nitrogen and oxygen atoms in total. The van der Waals surface area contributed by atoms with E-state index < -0.39 is 88.8 Å². The molecule has 0 saturated carbocycles. The number of ether oxygens (including phenoxy) is 4. The summed E-state index contributed by atoms with van der Waals surface area (Å²) in [5.41, 5.74) is -0.0314. The molecule has 1 amide bonds. The normalized spacial score (nSPS) is 32.0. The van der Waals surface area contributed by atoms with Crippen LogP contribution in [0.2, 0.25) is 0 Å². The molecular formula is C39H52N2O12. The number of phenolic OH excluding ortho intramolecular Hbond substituents is 3. The molecule has 0 unspecified atom stereocenters. The van der Waals surface area contributed by atoms with Crippen LogP contribution in [0.3, 0.4) is 0 Å². The maximum atomic E-state index is 14.2. The Morgan fingerprint density at radius 1 is 0.962 bits per heavy atom. The van der Waals surface area contributed by atoms with E-state index in [2.05, 4.69) is 10.6 Å². The van der Waals surface area contributed by atoms with E-state index in [4.69, 9.17) is 18.9 Å². The number of anilines is 1. The Hall–Kier alpha value is -4.63. The third kappa shape index (κ3) is 7.72. The zero-order valence-electron chi connectivity index (χ0n) is 31.8. The van der Waals surface area contributed by atoms with Crippen LogP contribution in [-0.4, -0.2) is 87.6 Å². The van der Waals surface area contributed by atoms with Crippen molar-refractivity contribution in [1.29, 1.82) is 0 Å². The molecule has 5 bridgehead atoms. The van der Waals surface area contributed by atoms with Gasteiger partial charge in [-0.2, -0.15) is 0 Å². The summed E-state index contributed by atoms with van der Waals surface area (Å²) in [7, 11) is 3.02. The Kier molecular flexibility index (Phi) is 12.5. The minimum atomic E-state index is -2.01. The summed E-state index contributed by atoms with van der Waals surface area (Å²) in [4.78, 5) is 39.9. The summed E-state index contributed by atoms with van der Waals surface area (Å²) in [5, 5.41) is 62.4. The average molecular weight is 741 g/mol. The maximum absolute atomic E-state index is 14.2. The van der Waals surface area contributed by atoms with Gasteiger partial charge < -0.3 is 55.1 Å². The first-order valence-electron chi connectivity index (χ1n) is 17.5. The van der Waals surface area contributed by atoms with Gasteiger partial charge in [-0.1, -0.05) is 45.9 Å². The van der Waals surface area contributed by atoms with Crippen LogP contribution in [0.25, 0.3) is 10.8 Å². The standard InChI is InChI=1S/C39H52N2O12/c1-17-12-11-13-18(2)38(49)41-29-24(16-40-9)33(46)26-27(34(29)47)32(45)22(6)36-28(26)37(48)39(8,53-36)51-15-14-25(50-10)19(3)35(52-23(7)42)21(5)31(44)20(4)30(17)43/h11-15,17,19-21,25,30-31,35,40,43-47H,16H2,1-10H3,(H,41,49)/b12-11+,15-14+,18-13-/t17-,19+,20+,21+,25-,30-,31+,35+,39-/m0/s1. The number of aliphatic hydroxyl groups excluding tert-OH is 2. The number of fused-ring (bicyclic) bond motifs is 14. The molecule has 14 heteroatoms. The molecule has 0 saturated heterocycles. The average Bonchev–Trinajstić information content (AvgIpc) is 3.38. The summed E-state index contributed by atoms with van der Waals surface area (Å²) in [6.07, 6.45) is 3.62. The lowest BCUT2D eigenvalue weighted by Crippen LogP contribution is -2.46. The van der Waals surface area contributed by atoms with Crippen molar-refractivity contribution in [3.63, 3.8) is 0 Å². The molecular weight excluding hydrogens is 688 g/mol. The van der Waals surface area contributed by atoms with E-state index in [0.29, 0.717) is 0 Å². The van der Waals surface area contributed by atoms with Gasteiger partial charge in [0.25, 0.3) is 11.7 Å². The van der Waals surface area contributed by atoms with Gasteiger partial charge in [0.05, 0.1) is 41.2 Å². The minimum Gasteiger partial charge on any atom is -0.507 e. The molecule has 3 aliphatic heterocycles. The highest BCUT2D eigenvalue weighted by Gasteiger charge is 2.50. The van der Waals surface area contributed by atoms with Gasteiger partial charge in [-0.05, 0) is 27.0 Å². The molecule has 3 aliphatic rings. The van der Waals surface area contributed by atoms with Gasteiger partial charge in [0.2, 0.25) is 0 Å². The van der Waals surface area contributed by atoms with E-state index in [-0.39, 0.29) is 51.0 Å². The quantitative estimate of drug-likeness (QED) is 0.131. The van der Waals surface area contributed by atoms with Crippen LogP contribution < -0.4 is 15.4 Å². The summed E-state index contributed by atoms with van der Waals surface area (Å²) < 4.78 is 23.4. The minimum absolute atomic E-state index is 0.0362. The number of ketones is 1. The van der Waals surface area contributed by atoms with Gasteiger partial charge in [-0.15, -0.1) is 0 Å². The fraction of sp³-hybridized carbons (Fsp3) is 0.513. The number of allylic oxidation sites excluding steroid dienone is 2. The van der Waals surface area contributed by atoms with Crippen molar-refractivity contribution in [2.45, 2.75) is 92.1 Å². The number of hydrogen-bond acceptors (Lipinski definition) is 13. The van der Waals surface area contributed by atoms with Gasteiger partial charge in [0.1, 0.15) is 23.4 Å². The number of aliphatic hydroxyl groups is 2. The van der Waals surface area contributed by atoms with Crippen molar-refractivity contribution in [3.05, 3.63) is 52.8 Å². The number of carbonyl (C=O) groups is 3. The monoisotopic (exact) mass is 740 g/mol. The van der Waals surface area contributed by atoms with E-state index in [1.807, 2.05) is 0 Å². The topological polar surface area (TPSA) is 213 Å². The number of esters is 1. The number of methoxy groups -OCH3 is 1. The number of hydrogen-bond donors (Lipinski definition) is 7. The largest absolute Gasteiger partial charge is 0.507 e. The first kappa shape index (κ1) is 41.1. The first-order valence-corrected chi connectivity index (χ1v) is 17.5. The molecule has 5 rings (SSSR count). The lowest BCUT2D eigenvalue weighted by molar-refractivity contribution is -0.160. The Labute approximate surface area is 309 Å². The van der Waals surface area contributed by atoms with Crippen molar-refractivity contribution >= 4 is 34.1 Å². The summed E-state index contributed by atoms with van der Waals surface area (Å²) in [5.74, 6) is -8.02. The Morgan fingerprint density at radius 2 is 1.62 bits per heavy atom. The van der Waals surface area contributed by atoms with Crippen LogP contribution in [0.1, 0.15) is 70.0 Å². The Balaban J connectivity index is 1.94. The van der Waals surface area contributed by atoms with Crippen molar-refractivity contribution in [1.82, 2.24) is 5.32 Å². The smallest absolute Gasteiger partial charge is 0.312 e. The Morgan fingerprint density at radius 3 is 2.23 bits per heavy atom. The third-order valence-corrected chi connectivity index (χ3v) is 10.4. The van der Waals surface area contributed by atoms with Crippen molar-refractivity contribution < 1.29 is 58.9 Å². The van der Waals surface area contributed by atoms with Crippen molar-refractivity contribution in [2.75, 3.05) is 19.5 Å². The maximum Gasteiger partial charge on any atom is 0.312 e. The second kappa shape index (κ2) is 16.2. The number of carbonyl (C=O) groups excluding carboxylic acids is 3. The first-order chi connectivity index (χ1) is 24.8. The van der Waals surface area contributed by atoms with Gasteiger partial charge in [0, 0.05) is 73.3 Å². The number of amides is 1. The predicted octanol–water partition coefficient (Wildman–Crippen LogP) is 4.47. The van der Waals surface area contributed by atoms with E-state index in [9.17, 15) is 39.9 Å². The molecule has 0 radical (unpaired) electrons. The SMILES string of the molecule is CNCc1c2c(O)c3c(O)c(C)c4c(c3c1O)C(=O)[C@@](C)(O/C=C/[C@H](OC)[C@@H](C)[C@@H](OC(C)=O)[C@H](C)[C@H](O)[C@H](C)[C@@H](O)[C@@H](C)/C=C/C=C(/C)C(=O)N2)O4. The molecule has 9 atom stereocenters. The molecule has 0 spiro atoms. The highest BCUT2D eigenvalue weighted by atomic mass is 16.7. The molecule has 2 aromatic rings. The van der Waals surface area contributed by atoms with E-state index in [1.165, 1.54) is 53.2 Å². The Bertz CT molecular complexity index is 1850. The van der Waals surface area contributed by atoms with E-state index >= 15 is 0 Å². The van der Waals surface area contributed by atoms with Crippen LogP contribution in [0.15, 0.2) is 36.1 Å². The fourth-order valence-corrected chi connectivity index (χ4v) is 7.14. The number of nitrogens with one attached hydrogen (secondary N) is 2. The van der Waals surface area contributed by atoms with Gasteiger partial charge in [-0.3, -0.25) is 14.4 Å². The molecule has 0 fully saturated rings. The molecule has 290 valence electrons. The van der Waals surface area contributed by atoms with Crippen LogP contribution in [0.4, 0.5) is 5.69 Å². The number of phenols is 3. The van der Waals surface area contributed by atoms with Crippen LogP contribution in [0.5, 0.6) is 23.0 Å². The van der Waals surface area contributed by atoms with Gasteiger partial charge in [0.15, 0.2) is 5.75 Å². The summed E-state index contributed by atoms with van der Waals surface area (Å²) >= 11 is 0. The molecule has 7 N–H and O–H groups in total. The molecule has 2 aromatic carbocycles. The second-order valence-corrected chi connectivity index (χ2v) is 14.2. The molecule has 53 heavy (non-hydrogen) atoms. The second-order valence-electron chi connectivity index (χ2n) is 14.2. The third-order valence-electron chi connectivity index (χ3n) is 10.4. The number of rotatable bonds is 4. The summed E-state index contributed by atoms with van der Waals surface area (Å²) in [6, 6.07) is 0. The zero-order chi connectivity index (χ0) is 39.7. The highest BCUT2D eigenvalue weighted by molar-refractivity contribution is 6.22. The van der Waals surface area contributed by atoms with Crippen LogP contribution in [0, 0.1) is 30.6 Å². The van der Waals surface area contributed by atoms with Crippen molar-refractivity contribution in [2.24, 2.45) is 23.7 Å². The molecule has 0 aliphatic carbocycles. The molecule has 0 aromatic heterocycles. The van der Waals surface area contributed by atoms with Crippen LogP contribution >= 0.6 is 0 Å². The van der Waals surface area contributed by atoms with Gasteiger partial charge in [-0.25, -0.2) is 0 Å². The van der Waals surface area contributed by atoms with E-state index in [0.717, 1.165) is 0 Å².